The SMILES string of the molecule is NC1NCNN2C1NCC2[C@@H]1OC(COCc2ccccc2)=C(OCc2ccccc2)[C@H]1F. The first-order valence-electron chi connectivity index (χ1n) is 11.3. The summed E-state index contributed by atoms with van der Waals surface area (Å²) in [7, 11) is 0. The molecule has 3 unspecified atom stereocenters. The summed E-state index contributed by atoms with van der Waals surface area (Å²) < 4.78 is 33.8. The molecule has 0 spiro atoms. The number of halogens is 1. The standard InChI is InChI=1S/C24H30FN5O3/c25-20-21(18-11-27-24-23(26)28-15-29-30(18)24)33-19(14-31-12-16-7-3-1-4-8-16)22(20)32-13-17-9-5-2-6-10-17/h1-10,18,20-21,23-24,27-29H,11-15,26H2/t18?,20-,21-,23?,24?/m0/s1. The highest BCUT2D eigenvalue weighted by molar-refractivity contribution is 5.21. The van der Waals surface area contributed by atoms with Crippen LogP contribution in [-0.4, -0.2) is 55.5 Å². The molecule has 0 radical (unpaired) electrons. The molecule has 0 bridgehead atoms. The Morgan fingerprint density at radius 2 is 1.67 bits per heavy atom. The van der Waals surface area contributed by atoms with Crippen LogP contribution in [0.25, 0.3) is 0 Å². The van der Waals surface area contributed by atoms with Gasteiger partial charge in [-0.2, -0.15) is 0 Å². The van der Waals surface area contributed by atoms with Gasteiger partial charge in [-0.25, -0.2) is 14.8 Å². The topological polar surface area (TPSA) is 93.0 Å². The lowest BCUT2D eigenvalue weighted by Crippen LogP contribution is -2.69. The smallest absolute Gasteiger partial charge is 0.199 e. The number of ether oxygens (including phenoxy) is 3. The largest absolute Gasteiger partial charge is 0.486 e. The second-order valence-corrected chi connectivity index (χ2v) is 8.42. The molecule has 2 fully saturated rings. The lowest BCUT2D eigenvalue weighted by atomic mass is 10.1. The first-order valence-corrected chi connectivity index (χ1v) is 11.3. The van der Waals surface area contributed by atoms with Gasteiger partial charge in [0.15, 0.2) is 23.8 Å². The highest BCUT2D eigenvalue weighted by atomic mass is 19.1. The lowest BCUT2D eigenvalue weighted by molar-refractivity contribution is -0.0372. The van der Waals surface area contributed by atoms with Crippen LogP contribution < -0.4 is 21.8 Å². The number of fused-ring (bicyclic) bond motifs is 1. The molecule has 2 aromatic rings. The average molecular weight is 456 g/mol. The van der Waals surface area contributed by atoms with Crippen molar-refractivity contribution >= 4 is 0 Å². The van der Waals surface area contributed by atoms with Gasteiger partial charge >= 0.3 is 0 Å². The van der Waals surface area contributed by atoms with Crippen molar-refractivity contribution in [3.8, 4) is 0 Å². The predicted octanol–water partition coefficient (Wildman–Crippen LogP) is 1.32. The molecule has 5 rings (SSSR count). The van der Waals surface area contributed by atoms with E-state index in [1.807, 2.05) is 65.7 Å². The van der Waals surface area contributed by atoms with Crippen molar-refractivity contribution in [1.82, 2.24) is 21.1 Å². The zero-order chi connectivity index (χ0) is 22.6. The van der Waals surface area contributed by atoms with Crippen LogP contribution in [0.5, 0.6) is 0 Å². The van der Waals surface area contributed by atoms with Gasteiger partial charge in [0, 0.05) is 6.54 Å². The van der Waals surface area contributed by atoms with Crippen LogP contribution in [0.1, 0.15) is 11.1 Å². The fraction of sp³-hybridized carbons (Fsp3) is 0.417. The van der Waals surface area contributed by atoms with Gasteiger partial charge in [-0.1, -0.05) is 60.7 Å². The van der Waals surface area contributed by atoms with Gasteiger partial charge in [0.05, 0.1) is 25.5 Å². The van der Waals surface area contributed by atoms with Crippen LogP contribution in [0.4, 0.5) is 4.39 Å². The minimum absolute atomic E-state index is 0.133. The molecule has 2 aromatic carbocycles. The Kier molecular flexibility index (Phi) is 6.86. The van der Waals surface area contributed by atoms with Gasteiger partial charge in [0.1, 0.15) is 19.4 Å². The molecule has 176 valence electrons. The van der Waals surface area contributed by atoms with Gasteiger partial charge in [-0.3, -0.25) is 10.6 Å². The van der Waals surface area contributed by atoms with E-state index >= 15 is 4.39 Å². The molecular weight excluding hydrogens is 425 g/mol. The van der Waals surface area contributed by atoms with Crippen molar-refractivity contribution in [2.45, 2.75) is 43.9 Å². The Morgan fingerprint density at radius 1 is 0.970 bits per heavy atom. The monoisotopic (exact) mass is 455 g/mol. The third-order valence-corrected chi connectivity index (χ3v) is 6.19. The molecule has 3 heterocycles. The molecule has 3 aliphatic rings. The van der Waals surface area contributed by atoms with Crippen molar-refractivity contribution in [2.24, 2.45) is 5.73 Å². The van der Waals surface area contributed by atoms with E-state index in [1.54, 1.807) is 0 Å². The fourth-order valence-electron chi connectivity index (χ4n) is 4.50. The number of nitrogens with zero attached hydrogens (tertiary/aromatic N) is 1. The molecule has 33 heavy (non-hydrogen) atoms. The van der Waals surface area contributed by atoms with Gasteiger partial charge in [0.2, 0.25) is 0 Å². The number of hydrazine groups is 1. The van der Waals surface area contributed by atoms with E-state index < -0.39 is 12.3 Å². The van der Waals surface area contributed by atoms with Crippen LogP contribution >= 0.6 is 0 Å². The number of alkyl halides is 1. The van der Waals surface area contributed by atoms with Gasteiger partial charge in [-0.15, -0.1) is 0 Å². The summed E-state index contributed by atoms with van der Waals surface area (Å²) in [5.74, 6) is 0.613. The second kappa shape index (κ2) is 10.2. The van der Waals surface area contributed by atoms with Gasteiger partial charge in [0.25, 0.3) is 0 Å². The quantitative estimate of drug-likeness (QED) is 0.474. The summed E-state index contributed by atoms with van der Waals surface area (Å²) in [6.07, 6.45) is -2.55. The van der Waals surface area contributed by atoms with Crippen molar-refractivity contribution in [2.75, 3.05) is 19.8 Å². The summed E-state index contributed by atoms with van der Waals surface area (Å²) in [4.78, 5) is 0. The van der Waals surface area contributed by atoms with Crippen molar-refractivity contribution in [3.05, 3.63) is 83.3 Å². The minimum atomic E-state index is -1.41. The summed E-state index contributed by atoms with van der Waals surface area (Å²) in [5.41, 5.74) is 11.4. The van der Waals surface area contributed by atoms with Gasteiger partial charge in [-0.05, 0) is 11.1 Å². The zero-order valence-corrected chi connectivity index (χ0v) is 18.3. The lowest BCUT2D eigenvalue weighted by Gasteiger charge is -2.39. The molecule has 9 heteroatoms. The highest BCUT2D eigenvalue weighted by Crippen LogP contribution is 2.35. The fourth-order valence-corrected chi connectivity index (χ4v) is 4.50. The van der Waals surface area contributed by atoms with Crippen LogP contribution in [0, 0.1) is 0 Å². The van der Waals surface area contributed by atoms with E-state index in [2.05, 4.69) is 16.1 Å². The molecule has 0 saturated carbocycles. The Labute approximate surface area is 192 Å². The number of benzene rings is 2. The highest BCUT2D eigenvalue weighted by Gasteiger charge is 2.51. The number of hydrogen-bond donors (Lipinski definition) is 4. The van der Waals surface area contributed by atoms with Crippen molar-refractivity contribution in [1.29, 1.82) is 0 Å². The minimum Gasteiger partial charge on any atom is -0.486 e. The van der Waals surface area contributed by atoms with Crippen LogP contribution in [0.15, 0.2) is 72.2 Å². The van der Waals surface area contributed by atoms with Gasteiger partial charge < -0.3 is 19.9 Å². The third kappa shape index (κ3) is 4.89. The predicted molar refractivity (Wildman–Crippen MR) is 121 cm³/mol. The number of hydrogen-bond acceptors (Lipinski definition) is 8. The molecule has 2 saturated heterocycles. The second-order valence-electron chi connectivity index (χ2n) is 8.42. The Morgan fingerprint density at radius 3 is 2.39 bits per heavy atom. The molecule has 0 aliphatic carbocycles. The zero-order valence-electron chi connectivity index (χ0n) is 18.3. The number of nitrogens with one attached hydrogen (secondary N) is 3. The molecule has 0 amide bonds. The summed E-state index contributed by atoms with van der Waals surface area (Å²) in [5, 5.41) is 8.45. The van der Waals surface area contributed by atoms with Crippen LogP contribution in [0.2, 0.25) is 0 Å². The Balaban J connectivity index is 1.29. The average Bonchev–Trinajstić information content (AvgIpc) is 3.41. The summed E-state index contributed by atoms with van der Waals surface area (Å²) in [6, 6.07) is 19.3. The Hall–Kier alpha value is -2.53. The number of rotatable bonds is 8. The molecule has 5 N–H and O–H groups in total. The maximum atomic E-state index is 15.8. The molecule has 3 aliphatic heterocycles. The normalized spacial score (nSPS) is 29.7. The maximum absolute atomic E-state index is 15.8. The van der Waals surface area contributed by atoms with Crippen LogP contribution in [0.3, 0.4) is 0 Å². The first-order chi connectivity index (χ1) is 16.2. The third-order valence-electron chi connectivity index (χ3n) is 6.19. The van der Waals surface area contributed by atoms with E-state index in [0.717, 1.165) is 11.1 Å². The van der Waals surface area contributed by atoms with Crippen molar-refractivity contribution in [3.63, 3.8) is 0 Å². The first kappa shape index (κ1) is 22.3. The van der Waals surface area contributed by atoms with E-state index in [-0.39, 0.29) is 37.3 Å². The van der Waals surface area contributed by atoms with Crippen LogP contribution in [-0.2, 0) is 27.4 Å². The van der Waals surface area contributed by atoms with E-state index in [4.69, 9.17) is 19.9 Å². The molecule has 0 aromatic heterocycles. The molecular formula is C24H30FN5O3. The summed E-state index contributed by atoms with van der Waals surface area (Å²) >= 11 is 0. The summed E-state index contributed by atoms with van der Waals surface area (Å²) in [6.45, 7) is 1.85. The van der Waals surface area contributed by atoms with E-state index in [9.17, 15) is 0 Å². The van der Waals surface area contributed by atoms with Crippen molar-refractivity contribution < 1.29 is 18.6 Å². The Bertz CT molecular complexity index is 948. The number of nitrogens with two attached hydrogens (primary N) is 1. The molecule has 8 nitrogen and oxygen atoms in total. The maximum Gasteiger partial charge on any atom is 0.199 e. The molecule has 5 atom stereocenters. The van der Waals surface area contributed by atoms with E-state index in [0.29, 0.717) is 25.6 Å². The van der Waals surface area contributed by atoms with E-state index in [1.165, 1.54) is 0 Å².